The third kappa shape index (κ3) is 7.63. The van der Waals surface area contributed by atoms with Crippen molar-refractivity contribution in [3.63, 3.8) is 0 Å². The number of rotatable bonds is 7. The predicted molar refractivity (Wildman–Crippen MR) is 94.2 cm³/mol. The van der Waals surface area contributed by atoms with Crippen LogP contribution in [-0.4, -0.2) is 30.2 Å². The van der Waals surface area contributed by atoms with E-state index in [2.05, 4.69) is 26.6 Å². The quantitative estimate of drug-likeness (QED) is 0.651. The molecule has 0 saturated carbocycles. The molecule has 0 radical (unpaired) electrons. The lowest BCUT2D eigenvalue weighted by atomic mass is 10.1. The lowest BCUT2D eigenvalue weighted by Crippen LogP contribution is -2.43. The highest BCUT2D eigenvalue weighted by atomic mass is 79.9. The molecule has 1 unspecified atom stereocenters. The van der Waals surface area contributed by atoms with Gasteiger partial charge in [0, 0.05) is 19.0 Å². The van der Waals surface area contributed by atoms with Crippen LogP contribution in [-0.2, 0) is 9.53 Å². The number of nitrogens with two attached hydrogens (primary N) is 1. The molecule has 0 aliphatic heterocycles. The minimum Gasteiger partial charge on any atom is -0.444 e. The molecule has 0 aliphatic carbocycles. The van der Waals surface area contributed by atoms with Crippen LogP contribution in [0, 0.1) is 5.82 Å². The summed E-state index contributed by atoms with van der Waals surface area (Å²) in [4.78, 5) is 22.9. The average Bonchev–Trinajstić information content (AvgIpc) is 2.43. The minimum absolute atomic E-state index is 0.100. The fourth-order valence-corrected chi connectivity index (χ4v) is 2.26. The summed E-state index contributed by atoms with van der Waals surface area (Å²) in [5, 5.41) is 5.59. The maximum Gasteiger partial charge on any atom is 0.407 e. The summed E-state index contributed by atoms with van der Waals surface area (Å²) in [6, 6.07) is 4.42. The normalized spacial score (nSPS) is 12.4. The Bertz CT molecular complexity index is 590. The molecular formula is C16H23BrFN3O3. The molecule has 0 spiro atoms. The molecule has 134 valence electrons. The number of ether oxygens (including phenoxy) is 1. The Morgan fingerprint density at radius 3 is 2.62 bits per heavy atom. The van der Waals surface area contributed by atoms with Crippen molar-refractivity contribution in [1.29, 1.82) is 0 Å². The van der Waals surface area contributed by atoms with E-state index in [4.69, 9.17) is 10.5 Å². The van der Waals surface area contributed by atoms with E-state index in [9.17, 15) is 14.0 Å². The Hall–Kier alpha value is -1.83. The molecule has 1 aromatic carbocycles. The second kappa shape index (κ2) is 8.86. The number of carbonyl (C=O) groups excluding carboxylic acids is 2. The Balaban J connectivity index is 2.69. The van der Waals surface area contributed by atoms with Gasteiger partial charge in [-0.25, -0.2) is 9.18 Å². The van der Waals surface area contributed by atoms with Crippen molar-refractivity contribution in [3.05, 3.63) is 28.5 Å². The molecule has 0 aliphatic rings. The van der Waals surface area contributed by atoms with Crippen molar-refractivity contribution in [2.75, 3.05) is 11.9 Å². The molecule has 0 heterocycles. The number of hydrogen-bond donors (Lipinski definition) is 3. The first-order valence-corrected chi connectivity index (χ1v) is 8.33. The van der Waals surface area contributed by atoms with E-state index in [0.29, 0.717) is 16.6 Å². The third-order valence-corrected chi connectivity index (χ3v) is 3.56. The van der Waals surface area contributed by atoms with Gasteiger partial charge in [-0.1, -0.05) is 6.07 Å². The highest BCUT2D eigenvalue weighted by molar-refractivity contribution is 9.10. The molecule has 0 aromatic heterocycles. The fraction of sp³-hybridized carbons (Fsp3) is 0.500. The van der Waals surface area contributed by atoms with Gasteiger partial charge in [-0.3, -0.25) is 4.79 Å². The molecule has 1 aromatic rings. The molecule has 6 nitrogen and oxygen atoms in total. The van der Waals surface area contributed by atoms with Gasteiger partial charge in [0.2, 0.25) is 5.91 Å². The molecule has 0 bridgehead atoms. The van der Waals surface area contributed by atoms with Crippen LogP contribution in [0.4, 0.5) is 14.9 Å². The molecule has 0 fully saturated rings. The van der Waals surface area contributed by atoms with Crippen molar-refractivity contribution in [1.82, 2.24) is 5.32 Å². The van der Waals surface area contributed by atoms with Crippen molar-refractivity contribution in [2.24, 2.45) is 5.73 Å². The summed E-state index contributed by atoms with van der Waals surface area (Å²) in [6.45, 7) is 5.47. The zero-order valence-corrected chi connectivity index (χ0v) is 15.6. The van der Waals surface area contributed by atoms with Crippen LogP contribution >= 0.6 is 15.9 Å². The molecule has 2 amide bonds. The third-order valence-electron chi connectivity index (χ3n) is 2.95. The Morgan fingerprint density at radius 2 is 2.04 bits per heavy atom. The zero-order chi connectivity index (χ0) is 18.3. The van der Waals surface area contributed by atoms with Gasteiger partial charge in [-0.2, -0.15) is 0 Å². The Labute approximate surface area is 149 Å². The molecule has 1 atom stereocenters. The maximum atomic E-state index is 14.0. The number of anilines is 1. The van der Waals surface area contributed by atoms with Gasteiger partial charge in [-0.15, -0.1) is 0 Å². The summed E-state index contributed by atoms with van der Waals surface area (Å²) in [7, 11) is 0. The molecular weight excluding hydrogens is 381 g/mol. The van der Waals surface area contributed by atoms with E-state index in [1.54, 1.807) is 39.0 Å². The first-order valence-electron chi connectivity index (χ1n) is 7.54. The van der Waals surface area contributed by atoms with Crippen LogP contribution in [0.1, 0.15) is 33.6 Å². The van der Waals surface area contributed by atoms with Crippen LogP contribution < -0.4 is 16.4 Å². The van der Waals surface area contributed by atoms with Gasteiger partial charge in [0.05, 0.1) is 10.2 Å². The molecule has 8 heteroatoms. The summed E-state index contributed by atoms with van der Waals surface area (Å²) in [5.41, 5.74) is 4.81. The van der Waals surface area contributed by atoms with Gasteiger partial charge in [0.25, 0.3) is 0 Å². The van der Waals surface area contributed by atoms with Gasteiger partial charge >= 0.3 is 6.09 Å². The van der Waals surface area contributed by atoms with Crippen LogP contribution in [0.2, 0.25) is 0 Å². The number of alkyl carbamates (subject to hydrolysis) is 1. The van der Waals surface area contributed by atoms with Crippen molar-refractivity contribution in [2.45, 2.75) is 45.3 Å². The van der Waals surface area contributed by atoms with E-state index in [1.807, 2.05) is 0 Å². The number of carbonyl (C=O) groups is 2. The smallest absolute Gasteiger partial charge is 0.407 e. The van der Waals surface area contributed by atoms with E-state index in [1.165, 1.54) is 0 Å². The largest absolute Gasteiger partial charge is 0.444 e. The Morgan fingerprint density at radius 1 is 1.38 bits per heavy atom. The number of primary amides is 1. The summed E-state index contributed by atoms with van der Waals surface area (Å²) in [5.74, 6) is -0.900. The SMILES string of the molecule is CC(C)(C)OC(=O)NC(CCC(N)=O)CNc1cccc(Br)c1F. The number of amides is 2. The number of halogens is 2. The molecule has 24 heavy (non-hydrogen) atoms. The van der Waals surface area contributed by atoms with Crippen LogP contribution in [0.15, 0.2) is 22.7 Å². The highest BCUT2D eigenvalue weighted by Crippen LogP contribution is 2.22. The molecule has 1 rings (SSSR count). The zero-order valence-electron chi connectivity index (χ0n) is 14.0. The number of nitrogens with one attached hydrogen (secondary N) is 2. The van der Waals surface area contributed by atoms with E-state index in [0.717, 1.165) is 0 Å². The Kier molecular flexibility index (Phi) is 7.47. The van der Waals surface area contributed by atoms with Gasteiger partial charge in [0.15, 0.2) is 5.82 Å². The maximum absolute atomic E-state index is 14.0. The topological polar surface area (TPSA) is 93.4 Å². The summed E-state index contributed by atoms with van der Waals surface area (Å²) < 4.78 is 19.5. The standard InChI is InChI=1S/C16H23BrFN3O3/c1-16(2,3)24-15(23)21-10(7-8-13(19)22)9-20-12-6-4-5-11(17)14(12)18/h4-6,10,20H,7-9H2,1-3H3,(H2,19,22)(H,21,23). The second-order valence-electron chi connectivity index (χ2n) is 6.33. The highest BCUT2D eigenvalue weighted by Gasteiger charge is 2.20. The van der Waals surface area contributed by atoms with Crippen LogP contribution in [0.3, 0.4) is 0 Å². The van der Waals surface area contributed by atoms with Gasteiger partial charge in [-0.05, 0) is 55.3 Å². The first kappa shape index (κ1) is 20.2. The van der Waals surface area contributed by atoms with Gasteiger partial charge < -0.3 is 21.1 Å². The molecule has 4 N–H and O–H groups in total. The number of hydrogen-bond acceptors (Lipinski definition) is 4. The van der Waals surface area contributed by atoms with Crippen LogP contribution in [0.25, 0.3) is 0 Å². The van der Waals surface area contributed by atoms with E-state index in [-0.39, 0.29) is 13.0 Å². The van der Waals surface area contributed by atoms with E-state index >= 15 is 0 Å². The van der Waals surface area contributed by atoms with Crippen molar-refractivity contribution in [3.8, 4) is 0 Å². The van der Waals surface area contributed by atoms with Crippen LogP contribution in [0.5, 0.6) is 0 Å². The minimum atomic E-state index is -0.637. The summed E-state index contributed by atoms with van der Waals surface area (Å²) >= 11 is 3.11. The summed E-state index contributed by atoms with van der Waals surface area (Å²) in [6.07, 6.45) is -0.186. The second-order valence-corrected chi connectivity index (χ2v) is 7.18. The first-order chi connectivity index (χ1) is 11.1. The van der Waals surface area contributed by atoms with E-state index < -0.39 is 29.5 Å². The monoisotopic (exact) mass is 403 g/mol. The van der Waals surface area contributed by atoms with Gasteiger partial charge in [0.1, 0.15) is 5.60 Å². The number of benzene rings is 1. The van der Waals surface area contributed by atoms with Crippen molar-refractivity contribution < 1.29 is 18.7 Å². The lowest BCUT2D eigenvalue weighted by molar-refractivity contribution is -0.118. The van der Waals surface area contributed by atoms with Crippen molar-refractivity contribution >= 4 is 33.6 Å². The predicted octanol–water partition coefficient (Wildman–Crippen LogP) is 3.16. The molecule has 0 saturated heterocycles. The fourth-order valence-electron chi connectivity index (χ4n) is 1.89. The average molecular weight is 404 g/mol. The lowest BCUT2D eigenvalue weighted by Gasteiger charge is -2.24.